The third kappa shape index (κ3) is 3.02. The van der Waals surface area contributed by atoms with Gasteiger partial charge in [0, 0.05) is 5.56 Å². The van der Waals surface area contributed by atoms with Gasteiger partial charge in [-0.05, 0) is 40.4 Å². The van der Waals surface area contributed by atoms with Crippen LogP contribution in [-0.4, -0.2) is 15.7 Å². The van der Waals surface area contributed by atoms with Crippen LogP contribution in [0.1, 0.15) is 52.7 Å². The lowest BCUT2D eigenvalue weighted by molar-refractivity contribution is 0.968. The molecule has 1 aromatic rings. The Morgan fingerprint density at radius 1 is 0.889 bits per heavy atom. The first-order valence-corrected chi connectivity index (χ1v) is 8.77. The Morgan fingerprint density at radius 2 is 1.39 bits per heavy atom. The van der Waals surface area contributed by atoms with Crippen LogP contribution in [-0.2, 0) is 0 Å². The first-order chi connectivity index (χ1) is 8.30. The van der Waals surface area contributed by atoms with E-state index in [1.54, 1.807) is 0 Å². The number of hydrogen-bond donors (Lipinski definition) is 0. The van der Waals surface area contributed by atoms with Crippen LogP contribution in [0, 0.1) is 12.1 Å². The molecule has 1 heteroatoms. The summed E-state index contributed by atoms with van der Waals surface area (Å²) in [5.74, 6) is 0. The molecule has 0 fully saturated rings. The molecule has 0 aliphatic carbocycles. The Hall–Kier alpha value is -0.650. The summed E-state index contributed by atoms with van der Waals surface area (Å²) in [6, 6.07) is 8.75. The van der Waals surface area contributed by atoms with Crippen LogP contribution >= 0.6 is 9.44 Å². The Balaban J connectivity index is 3.54. The monoisotopic (exact) mass is 264 g/mol. The van der Waals surface area contributed by atoms with Crippen molar-refractivity contribution >= 4 is 9.44 Å². The van der Waals surface area contributed by atoms with Crippen molar-refractivity contribution in [3.05, 3.63) is 35.4 Å². The maximum absolute atomic E-state index is 3.92. The maximum atomic E-state index is 3.92. The minimum absolute atomic E-state index is 0.679. The van der Waals surface area contributed by atoms with Crippen molar-refractivity contribution in [2.24, 2.45) is 0 Å². The average molecular weight is 264 g/mol. The molecule has 0 aliphatic rings. The molecule has 0 heterocycles. The Morgan fingerprint density at radius 3 is 1.78 bits per heavy atom. The van der Waals surface area contributed by atoms with Crippen molar-refractivity contribution in [3.63, 3.8) is 0 Å². The van der Waals surface area contributed by atoms with Gasteiger partial charge in [0.2, 0.25) is 0 Å². The summed E-state index contributed by atoms with van der Waals surface area (Å²) >= 11 is 0. The molecular formula is C17H28S. The predicted octanol–water partition coefficient (Wildman–Crippen LogP) is 5.33. The van der Waals surface area contributed by atoms with Crippen LogP contribution in [0.3, 0.4) is 0 Å². The van der Waals surface area contributed by atoms with Crippen molar-refractivity contribution in [3.8, 4) is 5.18 Å². The first kappa shape index (κ1) is 15.4. The van der Waals surface area contributed by atoms with Gasteiger partial charge in [-0.15, -0.1) is 0 Å². The molecule has 0 atom stereocenters. The van der Waals surface area contributed by atoms with Gasteiger partial charge in [0.15, 0.2) is 0 Å². The summed E-state index contributed by atoms with van der Waals surface area (Å²) in [7, 11) is -0.866. The molecule has 0 amide bonds. The average Bonchev–Trinajstić information content (AvgIpc) is 2.24. The Kier molecular flexibility index (Phi) is 5.13. The van der Waals surface area contributed by atoms with Crippen molar-refractivity contribution in [2.45, 2.75) is 64.2 Å². The highest BCUT2D eigenvalue weighted by molar-refractivity contribution is 8.25. The molecule has 0 aliphatic heterocycles. The molecule has 102 valence electrons. The minimum atomic E-state index is -0.866. The van der Waals surface area contributed by atoms with E-state index in [1.807, 2.05) is 0 Å². The lowest BCUT2D eigenvalue weighted by atomic mass is 10.2. The van der Waals surface area contributed by atoms with E-state index in [0.29, 0.717) is 15.7 Å². The summed E-state index contributed by atoms with van der Waals surface area (Å²) in [4.78, 5) is 0. The molecule has 18 heavy (non-hydrogen) atoms. The van der Waals surface area contributed by atoms with Crippen molar-refractivity contribution in [2.75, 3.05) is 0 Å². The smallest absolute Gasteiger partial charge is 0.0221 e. The molecule has 0 spiro atoms. The topological polar surface area (TPSA) is 0 Å². The summed E-state index contributed by atoms with van der Waals surface area (Å²) in [6.07, 6.45) is 0. The molecule has 1 aromatic carbocycles. The molecule has 0 N–H and O–H groups in total. The van der Waals surface area contributed by atoms with E-state index in [9.17, 15) is 0 Å². The van der Waals surface area contributed by atoms with E-state index in [4.69, 9.17) is 0 Å². The van der Waals surface area contributed by atoms with Gasteiger partial charge in [0.1, 0.15) is 0 Å². The highest BCUT2D eigenvalue weighted by Gasteiger charge is 2.24. The van der Waals surface area contributed by atoms with Gasteiger partial charge in [0.05, 0.1) is 0 Å². The number of rotatable bonds is 0. The van der Waals surface area contributed by atoms with Crippen molar-refractivity contribution < 1.29 is 0 Å². The van der Waals surface area contributed by atoms with Crippen molar-refractivity contribution in [1.82, 2.24) is 0 Å². The normalized spacial score (nSPS) is 12.3. The molecule has 0 unspecified atom stereocenters. The van der Waals surface area contributed by atoms with Crippen LogP contribution < -0.4 is 0 Å². The molecule has 0 bridgehead atoms. The Bertz CT molecular complexity index is 473. The quantitative estimate of drug-likeness (QED) is 0.594. The van der Waals surface area contributed by atoms with E-state index in [-0.39, 0.29) is 0 Å². The van der Waals surface area contributed by atoms with Crippen LogP contribution in [0.4, 0.5) is 0 Å². The fourth-order valence-electron chi connectivity index (χ4n) is 2.90. The van der Waals surface area contributed by atoms with Crippen LogP contribution in [0.5, 0.6) is 0 Å². The molecule has 0 saturated carbocycles. The Labute approximate surface area is 114 Å². The maximum Gasteiger partial charge on any atom is 0.0221 e. The van der Waals surface area contributed by atoms with Gasteiger partial charge in [-0.25, -0.2) is 0 Å². The summed E-state index contributed by atoms with van der Waals surface area (Å²) in [5, 5.41) is 5.95. The molecule has 0 aromatic heterocycles. The third-order valence-corrected chi connectivity index (χ3v) is 8.92. The zero-order valence-corrected chi connectivity index (χ0v) is 13.8. The first-order valence-electron chi connectivity index (χ1n) is 6.95. The molecular weight excluding hydrogens is 236 g/mol. The van der Waals surface area contributed by atoms with E-state index < -0.39 is 9.44 Å². The van der Waals surface area contributed by atoms with Crippen molar-refractivity contribution in [1.29, 1.82) is 0 Å². The highest BCUT2D eigenvalue weighted by atomic mass is 32.2. The number of benzene rings is 1. The van der Waals surface area contributed by atoms with Gasteiger partial charge in [-0.1, -0.05) is 58.9 Å². The SMILES string of the molecule is Cc1cccc(C#S(C(C)C)(C(C)C)C(C)C)c1. The van der Waals surface area contributed by atoms with Crippen LogP contribution in [0.15, 0.2) is 24.3 Å². The molecule has 0 nitrogen and oxygen atoms in total. The zero-order valence-electron chi connectivity index (χ0n) is 12.9. The van der Waals surface area contributed by atoms with Crippen LogP contribution in [0.25, 0.3) is 0 Å². The number of aryl methyl sites for hydroxylation is 1. The van der Waals surface area contributed by atoms with E-state index in [0.717, 1.165) is 0 Å². The minimum Gasteiger partial charge on any atom is -0.177 e. The van der Waals surface area contributed by atoms with Gasteiger partial charge in [0.25, 0.3) is 0 Å². The predicted molar refractivity (Wildman–Crippen MR) is 87.2 cm³/mol. The zero-order chi connectivity index (χ0) is 13.9. The number of hydrogen-bond acceptors (Lipinski definition) is 0. The molecule has 0 saturated heterocycles. The van der Waals surface area contributed by atoms with Gasteiger partial charge >= 0.3 is 0 Å². The van der Waals surface area contributed by atoms with Gasteiger partial charge < -0.3 is 0 Å². The van der Waals surface area contributed by atoms with Gasteiger partial charge in [-0.3, -0.25) is 0 Å². The lowest BCUT2D eigenvalue weighted by Gasteiger charge is -2.37. The third-order valence-electron chi connectivity index (χ3n) is 3.65. The molecule has 0 radical (unpaired) electrons. The fourth-order valence-corrected chi connectivity index (χ4v) is 7.41. The van der Waals surface area contributed by atoms with Gasteiger partial charge in [-0.2, -0.15) is 9.44 Å². The lowest BCUT2D eigenvalue weighted by Crippen LogP contribution is -2.20. The van der Waals surface area contributed by atoms with E-state index in [1.165, 1.54) is 11.1 Å². The summed E-state index contributed by atoms with van der Waals surface area (Å²) in [5.41, 5.74) is 2.60. The standard InChI is InChI=1S/C17H28S/c1-13(2)18(14(3)4,15(5)6)12-17-10-8-9-16(7)11-17/h8-11,13-15H,1-7H3. The van der Waals surface area contributed by atoms with Crippen LogP contribution in [0.2, 0.25) is 0 Å². The van der Waals surface area contributed by atoms with E-state index in [2.05, 4.69) is 77.9 Å². The fraction of sp³-hybridized carbons (Fsp3) is 0.588. The summed E-state index contributed by atoms with van der Waals surface area (Å²) in [6.45, 7) is 16.3. The second kappa shape index (κ2) is 5.99. The second-order valence-electron chi connectivity index (χ2n) is 5.88. The second-order valence-corrected chi connectivity index (χ2v) is 10.4. The molecule has 1 rings (SSSR count). The summed E-state index contributed by atoms with van der Waals surface area (Å²) < 4.78 is 0. The highest BCUT2D eigenvalue weighted by Crippen LogP contribution is 2.48. The van der Waals surface area contributed by atoms with E-state index >= 15 is 0 Å². The largest absolute Gasteiger partial charge is 0.177 e.